The number of hydrogen-bond donors (Lipinski definition) is 2. The normalized spacial score (nSPS) is 17.4. The van der Waals surface area contributed by atoms with Gasteiger partial charge in [0.15, 0.2) is 0 Å². The van der Waals surface area contributed by atoms with Crippen molar-refractivity contribution in [2.45, 2.75) is 76.4 Å². The van der Waals surface area contributed by atoms with Crippen LogP contribution >= 0.6 is 0 Å². The summed E-state index contributed by atoms with van der Waals surface area (Å²) in [5.41, 5.74) is 0. The SMILES string of the molecule is O=C(/C=C\C(=O)OC1CCCCC1)OC1CCCCC1.O=C(O)C#CC(=O)O. The Kier molecular flexibility index (Phi) is 11.1. The highest BCUT2D eigenvalue weighted by Gasteiger charge is 2.18. The highest BCUT2D eigenvalue weighted by molar-refractivity contribution is 5.96. The lowest BCUT2D eigenvalue weighted by Crippen LogP contribution is -2.21. The number of esters is 2. The molecule has 0 atom stereocenters. The quantitative estimate of drug-likeness (QED) is 0.423. The Hall–Kier alpha value is -2.82. The van der Waals surface area contributed by atoms with Gasteiger partial charge < -0.3 is 19.7 Å². The first-order valence-electron chi connectivity index (χ1n) is 9.44. The zero-order valence-electron chi connectivity index (χ0n) is 15.7. The minimum Gasteiger partial charge on any atom is -0.472 e. The highest BCUT2D eigenvalue weighted by Crippen LogP contribution is 2.21. The molecule has 0 radical (unpaired) electrons. The van der Waals surface area contributed by atoms with Crippen LogP contribution in [0, 0.1) is 11.8 Å². The Labute approximate surface area is 163 Å². The third-order valence-corrected chi connectivity index (χ3v) is 4.30. The van der Waals surface area contributed by atoms with Gasteiger partial charge in [-0.15, -0.1) is 0 Å². The van der Waals surface area contributed by atoms with Crippen LogP contribution < -0.4 is 0 Å². The summed E-state index contributed by atoms with van der Waals surface area (Å²) in [4.78, 5) is 42.1. The maximum absolute atomic E-state index is 11.6. The van der Waals surface area contributed by atoms with Crippen LogP contribution in [0.3, 0.4) is 0 Å². The molecular formula is C20H26O8. The lowest BCUT2D eigenvalue weighted by molar-refractivity contribution is -0.147. The molecule has 2 N–H and O–H groups in total. The van der Waals surface area contributed by atoms with Gasteiger partial charge in [-0.3, -0.25) is 0 Å². The highest BCUT2D eigenvalue weighted by atomic mass is 16.5. The molecule has 2 rings (SSSR count). The van der Waals surface area contributed by atoms with Gasteiger partial charge in [-0.05, 0) is 51.4 Å². The van der Waals surface area contributed by atoms with Gasteiger partial charge in [0.1, 0.15) is 12.2 Å². The number of carboxylic acids is 2. The average Bonchev–Trinajstić information content (AvgIpc) is 2.67. The molecule has 0 aliphatic heterocycles. The second kappa shape index (κ2) is 13.4. The largest absolute Gasteiger partial charge is 0.472 e. The fourth-order valence-corrected chi connectivity index (χ4v) is 3.02. The summed E-state index contributed by atoms with van der Waals surface area (Å²) in [6.07, 6.45) is 13.1. The standard InChI is InChI=1S/C16H24O4.C4H2O4/c17-15(19-13-7-3-1-4-8-13)11-12-16(18)20-14-9-5-2-6-10-14;5-3(6)1-2-4(7)8/h11-14H,1-10H2;(H,5,6)(H,7,8)/b12-11-;. The van der Waals surface area contributed by atoms with E-state index in [4.69, 9.17) is 19.7 Å². The van der Waals surface area contributed by atoms with Gasteiger partial charge in [0.05, 0.1) is 0 Å². The van der Waals surface area contributed by atoms with Crippen LogP contribution in [0.4, 0.5) is 0 Å². The Balaban J connectivity index is 0.000000416. The van der Waals surface area contributed by atoms with Crippen molar-refractivity contribution in [2.75, 3.05) is 0 Å². The van der Waals surface area contributed by atoms with Gasteiger partial charge in [0, 0.05) is 24.0 Å². The minimum atomic E-state index is -1.44. The zero-order valence-corrected chi connectivity index (χ0v) is 15.7. The van der Waals surface area contributed by atoms with Crippen LogP contribution in [0.2, 0.25) is 0 Å². The van der Waals surface area contributed by atoms with Crippen LogP contribution in [0.5, 0.6) is 0 Å². The van der Waals surface area contributed by atoms with Crippen LogP contribution in [0.15, 0.2) is 12.2 Å². The predicted octanol–water partition coefficient (Wildman–Crippen LogP) is 2.45. The first-order valence-corrected chi connectivity index (χ1v) is 9.44. The van der Waals surface area contributed by atoms with E-state index >= 15 is 0 Å². The van der Waals surface area contributed by atoms with Gasteiger partial charge in [-0.2, -0.15) is 0 Å². The van der Waals surface area contributed by atoms with Crippen LogP contribution in [0.25, 0.3) is 0 Å². The monoisotopic (exact) mass is 394 g/mol. The molecule has 154 valence electrons. The Morgan fingerprint density at radius 2 is 0.964 bits per heavy atom. The summed E-state index contributed by atoms with van der Waals surface area (Å²) in [5, 5.41) is 15.5. The number of carbonyl (C=O) groups excluding carboxylic acids is 2. The maximum atomic E-state index is 11.6. The second-order valence-corrected chi connectivity index (χ2v) is 6.59. The molecule has 8 heteroatoms. The van der Waals surface area contributed by atoms with E-state index in [-0.39, 0.29) is 12.2 Å². The molecule has 0 heterocycles. The Morgan fingerprint density at radius 1 is 0.643 bits per heavy atom. The van der Waals surface area contributed by atoms with Gasteiger partial charge >= 0.3 is 23.9 Å². The fraction of sp³-hybridized carbons (Fsp3) is 0.600. The smallest absolute Gasteiger partial charge is 0.382 e. The Bertz CT molecular complexity index is 576. The molecule has 2 aliphatic rings. The van der Waals surface area contributed by atoms with E-state index in [9.17, 15) is 19.2 Å². The summed E-state index contributed by atoms with van der Waals surface area (Å²) in [5.74, 6) is -0.917. The van der Waals surface area contributed by atoms with Crippen LogP contribution in [0.1, 0.15) is 64.2 Å². The number of carbonyl (C=O) groups is 4. The first-order chi connectivity index (χ1) is 13.4. The van der Waals surface area contributed by atoms with Gasteiger partial charge in [0.2, 0.25) is 0 Å². The van der Waals surface area contributed by atoms with Crippen molar-refractivity contribution in [1.29, 1.82) is 0 Å². The first kappa shape index (κ1) is 23.2. The van der Waals surface area contributed by atoms with Crippen molar-refractivity contribution in [3.8, 4) is 11.8 Å². The van der Waals surface area contributed by atoms with Gasteiger partial charge in [-0.25, -0.2) is 19.2 Å². The minimum absolute atomic E-state index is 0.0234. The molecule has 0 saturated heterocycles. The summed E-state index contributed by atoms with van der Waals surface area (Å²) >= 11 is 0. The van der Waals surface area contributed by atoms with Crippen molar-refractivity contribution in [3.05, 3.63) is 12.2 Å². The second-order valence-electron chi connectivity index (χ2n) is 6.59. The van der Waals surface area contributed by atoms with Crippen molar-refractivity contribution in [1.82, 2.24) is 0 Å². The zero-order chi connectivity index (χ0) is 20.8. The molecule has 0 unspecified atom stereocenters. The number of hydrogen-bond acceptors (Lipinski definition) is 6. The molecule has 2 aliphatic carbocycles. The summed E-state index contributed by atoms with van der Waals surface area (Å²) in [6.45, 7) is 0. The van der Waals surface area contributed by atoms with Crippen LogP contribution in [-0.4, -0.2) is 46.3 Å². The molecule has 0 spiro atoms. The maximum Gasteiger partial charge on any atom is 0.382 e. The number of rotatable bonds is 4. The lowest BCUT2D eigenvalue weighted by Gasteiger charge is -2.21. The number of ether oxygens (including phenoxy) is 2. The van der Waals surface area contributed by atoms with Gasteiger partial charge in [0.25, 0.3) is 0 Å². The van der Waals surface area contributed by atoms with E-state index in [0.29, 0.717) is 0 Å². The van der Waals surface area contributed by atoms with E-state index < -0.39 is 23.9 Å². The summed E-state index contributed by atoms with van der Waals surface area (Å²) in [6, 6.07) is 0. The van der Waals surface area contributed by atoms with E-state index in [1.807, 2.05) is 0 Å². The van der Waals surface area contributed by atoms with Gasteiger partial charge in [-0.1, -0.05) is 12.8 Å². The van der Waals surface area contributed by atoms with Crippen molar-refractivity contribution >= 4 is 23.9 Å². The summed E-state index contributed by atoms with van der Waals surface area (Å²) in [7, 11) is 0. The molecule has 2 saturated carbocycles. The van der Waals surface area contributed by atoms with E-state index in [1.54, 1.807) is 0 Å². The predicted molar refractivity (Wildman–Crippen MR) is 98.1 cm³/mol. The molecule has 0 bridgehead atoms. The van der Waals surface area contributed by atoms with Crippen molar-refractivity contribution in [3.63, 3.8) is 0 Å². The molecule has 0 aromatic rings. The topological polar surface area (TPSA) is 127 Å². The molecule has 28 heavy (non-hydrogen) atoms. The molecule has 0 aromatic heterocycles. The van der Waals surface area contributed by atoms with E-state index in [1.165, 1.54) is 36.8 Å². The van der Waals surface area contributed by atoms with E-state index in [0.717, 1.165) is 51.4 Å². The molecule has 2 fully saturated rings. The fourth-order valence-electron chi connectivity index (χ4n) is 3.02. The third kappa shape index (κ3) is 11.7. The van der Waals surface area contributed by atoms with Crippen molar-refractivity contribution < 1.29 is 38.9 Å². The number of aliphatic carboxylic acids is 2. The molecule has 0 aromatic carbocycles. The lowest BCUT2D eigenvalue weighted by atomic mass is 9.98. The average molecular weight is 394 g/mol. The third-order valence-electron chi connectivity index (χ3n) is 4.30. The molecule has 8 nitrogen and oxygen atoms in total. The number of carboxylic acid groups (broad SMARTS) is 2. The van der Waals surface area contributed by atoms with Crippen molar-refractivity contribution in [2.24, 2.45) is 0 Å². The molecular weight excluding hydrogens is 368 g/mol. The van der Waals surface area contributed by atoms with Crippen LogP contribution in [-0.2, 0) is 28.7 Å². The Morgan fingerprint density at radius 3 is 1.25 bits per heavy atom. The van der Waals surface area contributed by atoms with E-state index in [2.05, 4.69) is 0 Å². The molecule has 0 amide bonds. The summed E-state index contributed by atoms with van der Waals surface area (Å²) < 4.78 is 10.6.